The molecule has 0 saturated carbocycles. The molecule has 2 rings (SSSR count). The molecule has 1 N–H and O–H groups in total. The van der Waals surface area contributed by atoms with Gasteiger partial charge in [0, 0.05) is 4.88 Å². The molecule has 2 aromatic rings. The summed E-state index contributed by atoms with van der Waals surface area (Å²) in [6.45, 7) is 4.15. The number of benzene rings is 1. The summed E-state index contributed by atoms with van der Waals surface area (Å²) in [4.78, 5) is 1.22. The van der Waals surface area contributed by atoms with Gasteiger partial charge in [0.25, 0.3) is 0 Å². The lowest BCUT2D eigenvalue weighted by Gasteiger charge is -2.18. The molecular formula is C15H18ClNOS. The van der Waals surface area contributed by atoms with E-state index in [9.17, 15) is 0 Å². The molecule has 0 amide bonds. The van der Waals surface area contributed by atoms with E-state index in [-0.39, 0.29) is 6.04 Å². The van der Waals surface area contributed by atoms with Gasteiger partial charge in [-0.2, -0.15) is 0 Å². The molecule has 1 atom stereocenters. The van der Waals surface area contributed by atoms with Crippen LogP contribution < -0.4 is 10.1 Å². The minimum Gasteiger partial charge on any atom is -0.496 e. The van der Waals surface area contributed by atoms with Crippen LogP contribution in [0.4, 0.5) is 0 Å². The first-order chi connectivity index (χ1) is 9.06. The van der Waals surface area contributed by atoms with Crippen LogP contribution in [0.5, 0.6) is 5.75 Å². The Morgan fingerprint density at radius 3 is 2.26 bits per heavy atom. The van der Waals surface area contributed by atoms with Crippen molar-refractivity contribution in [3.63, 3.8) is 0 Å². The third-order valence-corrected chi connectivity index (χ3v) is 4.48. The van der Waals surface area contributed by atoms with Crippen molar-refractivity contribution in [2.75, 3.05) is 14.2 Å². The number of thiophene rings is 1. The molecule has 1 unspecified atom stereocenters. The van der Waals surface area contributed by atoms with Crippen molar-refractivity contribution in [2.45, 2.75) is 19.9 Å². The van der Waals surface area contributed by atoms with Crippen LogP contribution in [0.3, 0.4) is 0 Å². The number of rotatable bonds is 4. The van der Waals surface area contributed by atoms with Crippen LogP contribution in [0.2, 0.25) is 4.34 Å². The Hall–Kier alpha value is -1.03. The number of methoxy groups -OCH3 is 1. The van der Waals surface area contributed by atoms with Crippen molar-refractivity contribution in [1.29, 1.82) is 0 Å². The Morgan fingerprint density at radius 1 is 1.21 bits per heavy atom. The highest BCUT2D eigenvalue weighted by Crippen LogP contribution is 2.34. The summed E-state index contributed by atoms with van der Waals surface area (Å²) >= 11 is 7.64. The van der Waals surface area contributed by atoms with Crippen molar-refractivity contribution in [1.82, 2.24) is 5.32 Å². The van der Waals surface area contributed by atoms with Crippen LogP contribution in [0.15, 0.2) is 24.3 Å². The quantitative estimate of drug-likeness (QED) is 0.906. The number of halogens is 1. The van der Waals surface area contributed by atoms with Crippen molar-refractivity contribution >= 4 is 22.9 Å². The minimum atomic E-state index is 0.167. The molecule has 1 heterocycles. The Morgan fingerprint density at radius 2 is 1.84 bits per heavy atom. The third kappa shape index (κ3) is 2.94. The molecule has 0 radical (unpaired) electrons. The summed E-state index contributed by atoms with van der Waals surface area (Å²) in [6.07, 6.45) is 0. The van der Waals surface area contributed by atoms with Crippen LogP contribution in [-0.2, 0) is 0 Å². The number of aryl methyl sites for hydroxylation is 2. The summed E-state index contributed by atoms with van der Waals surface area (Å²) in [5, 5.41) is 3.35. The second kappa shape index (κ2) is 5.95. The van der Waals surface area contributed by atoms with Gasteiger partial charge in [-0.25, -0.2) is 0 Å². The van der Waals surface area contributed by atoms with E-state index in [1.54, 1.807) is 18.4 Å². The highest BCUT2D eigenvalue weighted by molar-refractivity contribution is 7.16. The Labute approximate surface area is 123 Å². The fourth-order valence-corrected chi connectivity index (χ4v) is 3.63. The third-order valence-electron chi connectivity index (χ3n) is 3.19. The minimum absolute atomic E-state index is 0.167. The van der Waals surface area contributed by atoms with Crippen molar-refractivity contribution < 1.29 is 4.74 Å². The summed E-state index contributed by atoms with van der Waals surface area (Å²) in [5.74, 6) is 0.961. The first-order valence-corrected chi connectivity index (χ1v) is 7.34. The maximum Gasteiger partial charge on any atom is 0.124 e. The van der Waals surface area contributed by atoms with Gasteiger partial charge in [0.15, 0.2) is 0 Å². The van der Waals surface area contributed by atoms with Crippen LogP contribution in [0.1, 0.15) is 27.6 Å². The largest absolute Gasteiger partial charge is 0.496 e. The van der Waals surface area contributed by atoms with Crippen molar-refractivity contribution in [2.24, 2.45) is 0 Å². The van der Waals surface area contributed by atoms with E-state index < -0.39 is 0 Å². The average molecular weight is 296 g/mol. The van der Waals surface area contributed by atoms with Gasteiger partial charge in [-0.3, -0.25) is 0 Å². The zero-order valence-electron chi connectivity index (χ0n) is 11.6. The number of hydrogen-bond donors (Lipinski definition) is 1. The van der Waals surface area contributed by atoms with Gasteiger partial charge in [-0.05, 0) is 49.7 Å². The smallest absolute Gasteiger partial charge is 0.124 e. The van der Waals surface area contributed by atoms with Gasteiger partial charge in [-0.1, -0.05) is 23.7 Å². The summed E-state index contributed by atoms with van der Waals surface area (Å²) in [5.41, 5.74) is 3.54. The van der Waals surface area contributed by atoms with E-state index >= 15 is 0 Å². The standard InChI is InChI=1S/C15H18ClNOS/c1-9-7-11(8-10(2)15(9)18-4)14(17-3)12-5-6-13(16)19-12/h5-8,14,17H,1-4H3. The van der Waals surface area contributed by atoms with Gasteiger partial charge in [0.1, 0.15) is 5.75 Å². The van der Waals surface area contributed by atoms with Gasteiger partial charge < -0.3 is 10.1 Å². The molecule has 0 spiro atoms. The van der Waals surface area contributed by atoms with E-state index in [2.05, 4.69) is 37.4 Å². The van der Waals surface area contributed by atoms with Crippen molar-refractivity contribution in [3.8, 4) is 5.75 Å². The predicted octanol–water partition coefficient (Wildman–Crippen LogP) is 4.34. The molecule has 0 aliphatic rings. The summed E-state index contributed by atoms with van der Waals surface area (Å²) in [6, 6.07) is 8.51. The normalized spacial score (nSPS) is 12.5. The molecule has 0 fully saturated rings. The summed E-state index contributed by atoms with van der Waals surface area (Å²) in [7, 11) is 3.68. The maximum absolute atomic E-state index is 6.03. The Balaban J connectivity index is 2.44. The van der Waals surface area contributed by atoms with Gasteiger partial charge in [-0.15, -0.1) is 11.3 Å². The Bertz CT molecular complexity index is 556. The molecule has 0 aliphatic heterocycles. The topological polar surface area (TPSA) is 21.3 Å². The van der Waals surface area contributed by atoms with E-state index in [0.717, 1.165) is 21.2 Å². The van der Waals surface area contributed by atoms with E-state index in [1.165, 1.54) is 10.4 Å². The molecule has 0 saturated heterocycles. The molecule has 2 nitrogen and oxygen atoms in total. The highest BCUT2D eigenvalue weighted by atomic mass is 35.5. The second-order valence-electron chi connectivity index (χ2n) is 4.55. The van der Waals surface area contributed by atoms with E-state index in [4.69, 9.17) is 16.3 Å². The molecular weight excluding hydrogens is 278 g/mol. The van der Waals surface area contributed by atoms with Crippen LogP contribution in [0, 0.1) is 13.8 Å². The monoisotopic (exact) mass is 295 g/mol. The lowest BCUT2D eigenvalue weighted by Crippen LogP contribution is -2.16. The first kappa shape index (κ1) is 14.4. The predicted molar refractivity (Wildman–Crippen MR) is 82.7 cm³/mol. The molecule has 0 bridgehead atoms. The molecule has 0 aliphatic carbocycles. The van der Waals surface area contributed by atoms with Crippen LogP contribution in [0.25, 0.3) is 0 Å². The van der Waals surface area contributed by atoms with Gasteiger partial charge >= 0.3 is 0 Å². The first-order valence-electron chi connectivity index (χ1n) is 6.14. The zero-order valence-corrected chi connectivity index (χ0v) is 13.2. The van der Waals surface area contributed by atoms with Gasteiger partial charge in [0.2, 0.25) is 0 Å². The summed E-state index contributed by atoms with van der Waals surface area (Å²) < 4.78 is 6.23. The van der Waals surface area contributed by atoms with E-state index in [1.807, 2.05) is 13.1 Å². The molecule has 1 aromatic carbocycles. The second-order valence-corrected chi connectivity index (χ2v) is 6.30. The number of nitrogens with one attached hydrogen (secondary N) is 1. The fraction of sp³-hybridized carbons (Fsp3) is 0.333. The molecule has 19 heavy (non-hydrogen) atoms. The molecule has 4 heteroatoms. The van der Waals surface area contributed by atoms with Crippen molar-refractivity contribution in [3.05, 3.63) is 50.2 Å². The molecule has 1 aromatic heterocycles. The lowest BCUT2D eigenvalue weighted by atomic mass is 9.99. The maximum atomic E-state index is 6.03. The number of ether oxygens (including phenoxy) is 1. The highest BCUT2D eigenvalue weighted by Gasteiger charge is 2.16. The number of hydrogen-bond acceptors (Lipinski definition) is 3. The van der Waals surface area contributed by atoms with Crippen LogP contribution >= 0.6 is 22.9 Å². The Kier molecular flexibility index (Phi) is 4.50. The fourth-order valence-electron chi connectivity index (χ4n) is 2.43. The van der Waals surface area contributed by atoms with Gasteiger partial charge in [0.05, 0.1) is 17.5 Å². The molecule has 102 valence electrons. The van der Waals surface area contributed by atoms with E-state index in [0.29, 0.717) is 0 Å². The SMILES string of the molecule is CNC(c1cc(C)c(OC)c(C)c1)c1ccc(Cl)s1. The zero-order chi connectivity index (χ0) is 14.0. The van der Waals surface area contributed by atoms with Crippen LogP contribution in [-0.4, -0.2) is 14.2 Å². The lowest BCUT2D eigenvalue weighted by molar-refractivity contribution is 0.408. The average Bonchev–Trinajstić information content (AvgIpc) is 2.76.